The van der Waals surface area contributed by atoms with E-state index in [1.165, 1.54) is 12.1 Å². The van der Waals surface area contributed by atoms with Crippen LogP contribution in [0, 0.1) is 5.82 Å². The van der Waals surface area contributed by atoms with Crippen LogP contribution in [0.15, 0.2) is 63.6 Å². The van der Waals surface area contributed by atoms with E-state index in [2.05, 4.69) is 31.7 Å². The third-order valence-electron chi connectivity index (χ3n) is 3.68. The average Bonchev–Trinajstić information content (AvgIpc) is 3.18. The lowest BCUT2D eigenvalue weighted by Gasteiger charge is -2.06. The quantitative estimate of drug-likeness (QED) is 0.626. The second kappa shape index (κ2) is 8.59. The minimum absolute atomic E-state index is 0.0802. The third-order valence-corrected chi connectivity index (χ3v) is 4.33. The molecule has 1 heterocycles. The topological polar surface area (TPSA) is 84.2 Å². The van der Waals surface area contributed by atoms with Gasteiger partial charge in [-0.2, -0.15) is 0 Å². The van der Waals surface area contributed by atoms with E-state index in [1.54, 1.807) is 12.1 Å². The first-order valence-electron chi connectivity index (χ1n) is 8.04. The summed E-state index contributed by atoms with van der Waals surface area (Å²) >= 11 is 3.07. The van der Waals surface area contributed by atoms with Crippen molar-refractivity contribution in [1.29, 1.82) is 0 Å². The van der Waals surface area contributed by atoms with Gasteiger partial charge in [-0.15, -0.1) is 0 Å². The summed E-state index contributed by atoms with van der Waals surface area (Å²) in [5, 5.41) is 8.79. The SMILES string of the molecule is O=C(CNC(=O)c1cc(-c2ccccc2)on1)NCc1ccc(Br)c(F)c1. The van der Waals surface area contributed by atoms with E-state index in [1.807, 2.05) is 30.3 Å². The maximum Gasteiger partial charge on any atom is 0.273 e. The number of nitrogens with zero attached hydrogens (tertiary/aromatic N) is 1. The molecule has 2 aromatic carbocycles. The van der Waals surface area contributed by atoms with Crippen LogP contribution in [-0.4, -0.2) is 23.5 Å². The molecular formula is C19H15BrFN3O3. The number of benzene rings is 2. The highest BCUT2D eigenvalue weighted by Crippen LogP contribution is 2.19. The molecule has 138 valence electrons. The van der Waals surface area contributed by atoms with Gasteiger partial charge >= 0.3 is 0 Å². The minimum Gasteiger partial charge on any atom is -0.355 e. The first-order chi connectivity index (χ1) is 13.0. The Morgan fingerprint density at radius 3 is 2.59 bits per heavy atom. The van der Waals surface area contributed by atoms with Crippen LogP contribution in [-0.2, 0) is 11.3 Å². The lowest BCUT2D eigenvalue weighted by Crippen LogP contribution is -2.36. The van der Waals surface area contributed by atoms with Crippen LogP contribution < -0.4 is 10.6 Å². The van der Waals surface area contributed by atoms with Crippen molar-refractivity contribution in [2.24, 2.45) is 0 Å². The molecule has 2 N–H and O–H groups in total. The molecule has 2 amide bonds. The number of carbonyl (C=O) groups is 2. The Labute approximate surface area is 162 Å². The summed E-state index contributed by atoms with van der Waals surface area (Å²) in [5.74, 6) is -0.873. The van der Waals surface area contributed by atoms with E-state index in [4.69, 9.17) is 4.52 Å². The number of aromatic nitrogens is 1. The Morgan fingerprint density at radius 1 is 1.07 bits per heavy atom. The number of carbonyl (C=O) groups excluding carboxylic acids is 2. The lowest BCUT2D eigenvalue weighted by molar-refractivity contribution is -0.120. The molecule has 1 aromatic heterocycles. The molecule has 3 aromatic rings. The van der Waals surface area contributed by atoms with E-state index < -0.39 is 17.6 Å². The van der Waals surface area contributed by atoms with Gasteiger partial charge in [-0.1, -0.05) is 41.6 Å². The van der Waals surface area contributed by atoms with E-state index >= 15 is 0 Å². The standard InChI is InChI=1S/C19H15BrFN3O3/c20-14-7-6-12(8-15(14)21)10-22-18(25)11-23-19(26)16-9-17(27-24-16)13-4-2-1-3-5-13/h1-9H,10-11H2,(H,22,25)(H,23,26). The van der Waals surface area contributed by atoms with Crippen molar-refractivity contribution in [3.8, 4) is 11.3 Å². The summed E-state index contributed by atoms with van der Waals surface area (Å²) < 4.78 is 18.9. The summed E-state index contributed by atoms with van der Waals surface area (Å²) in [6.45, 7) is -0.0770. The Kier molecular flexibility index (Phi) is 5.97. The van der Waals surface area contributed by atoms with Gasteiger partial charge in [0.1, 0.15) is 5.82 Å². The smallest absolute Gasteiger partial charge is 0.273 e. The van der Waals surface area contributed by atoms with Crippen LogP contribution >= 0.6 is 15.9 Å². The molecule has 0 saturated carbocycles. The highest BCUT2D eigenvalue weighted by Gasteiger charge is 2.14. The van der Waals surface area contributed by atoms with Crippen molar-refractivity contribution in [3.63, 3.8) is 0 Å². The van der Waals surface area contributed by atoms with Crippen molar-refractivity contribution in [3.05, 3.63) is 76.1 Å². The van der Waals surface area contributed by atoms with Crippen LogP contribution in [0.1, 0.15) is 16.1 Å². The van der Waals surface area contributed by atoms with Crippen molar-refractivity contribution < 1.29 is 18.5 Å². The van der Waals surface area contributed by atoms with Gasteiger partial charge in [0.05, 0.1) is 11.0 Å². The first-order valence-corrected chi connectivity index (χ1v) is 8.83. The van der Waals surface area contributed by atoms with Crippen molar-refractivity contribution in [2.75, 3.05) is 6.54 Å². The molecule has 0 saturated heterocycles. The number of rotatable bonds is 6. The summed E-state index contributed by atoms with van der Waals surface area (Å²) in [4.78, 5) is 23.9. The number of nitrogens with one attached hydrogen (secondary N) is 2. The zero-order valence-electron chi connectivity index (χ0n) is 14.0. The predicted molar refractivity (Wildman–Crippen MR) is 100 cm³/mol. The largest absolute Gasteiger partial charge is 0.355 e. The van der Waals surface area contributed by atoms with Crippen LogP contribution in [0.3, 0.4) is 0 Å². The van der Waals surface area contributed by atoms with E-state index in [0.717, 1.165) is 5.56 Å². The molecule has 8 heteroatoms. The van der Waals surface area contributed by atoms with Crippen LogP contribution in [0.4, 0.5) is 4.39 Å². The molecule has 0 unspecified atom stereocenters. The maximum absolute atomic E-state index is 13.4. The molecule has 0 aliphatic carbocycles. The minimum atomic E-state index is -0.522. The van der Waals surface area contributed by atoms with Gasteiger partial charge in [-0.25, -0.2) is 4.39 Å². The number of halogens is 2. The molecule has 0 atom stereocenters. The molecule has 0 aliphatic rings. The van der Waals surface area contributed by atoms with E-state index in [9.17, 15) is 14.0 Å². The first kappa shape index (κ1) is 18.8. The Morgan fingerprint density at radius 2 is 1.85 bits per heavy atom. The summed E-state index contributed by atoms with van der Waals surface area (Å²) in [6, 6.07) is 15.3. The zero-order valence-corrected chi connectivity index (χ0v) is 15.6. The zero-order chi connectivity index (χ0) is 19.2. The fraction of sp³-hybridized carbons (Fsp3) is 0.105. The predicted octanol–water partition coefficient (Wildman–Crippen LogP) is 3.29. The van der Waals surface area contributed by atoms with Gasteiger partial charge < -0.3 is 15.2 Å². The number of amides is 2. The van der Waals surface area contributed by atoms with E-state index in [-0.39, 0.29) is 18.8 Å². The Bertz CT molecular complexity index is 960. The van der Waals surface area contributed by atoms with E-state index in [0.29, 0.717) is 15.8 Å². The molecule has 0 spiro atoms. The normalized spacial score (nSPS) is 10.4. The van der Waals surface area contributed by atoms with Gasteiger partial charge in [0, 0.05) is 18.2 Å². The van der Waals surface area contributed by atoms with Crippen molar-refractivity contribution >= 4 is 27.7 Å². The lowest BCUT2D eigenvalue weighted by atomic mass is 10.1. The summed E-state index contributed by atoms with van der Waals surface area (Å²) in [6.07, 6.45) is 0. The summed E-state index contributed by atoms with van der Waals surface area (Å²) in [5.41, 5.74) is 1.49. The fourth-order valence-electron chi connectivity index (χ4n) is 2.28. The van der Waals surface area contributed by atoms with Crippen LogP contribution in [0.2, 0.25) is 0 Å². The molecule has 6 nitrogen and oxygen atoms in total. The second-order valence-corrected chi connectivity index (χ2v) is 6.50. The van der Waals surface area contributed by atoms with Crippen LogP contribution in [0.5, 0.6) is 0 Å². The highest BCUT2D eigenvalue weighted by atomic mass is 79.9. The highest BCUT2D eigenvalue weighted by molar-refractivity contribution is 9.10. The molecule has 0 fully saturated rings. The van der Waals surface area contributed by atoms with Crippen LogP contribution in [0.25, 0.3) is 11.3 Å². The molecule has 0 bridgehead atoms. The van der Waals surface area contributed by atoms with Gasteiger partial charge in [0.25, 0.3) is 5.91 Å². The van der Waals surface area contributed by atoms with Crippen molar-refractivity contribution in [1.82, 2.24) is 15.8 Å². The maximum atomic E-state index is 13.4. The number of hydrogen-bond acceptors (Lipinski definition) is 4. The summed E-state index contributed by atoms with van der Waals surface area (Å²) in [7, 11) is 0. The van der Waals surface area contributed by atoms with Gasteiger partial charge in [-0.3, -0.25) is 9.59 Å². The molecular weight excluding hydrogens is 417 g/mol. The Hall–Kier alpha value is -3.00. The molecule has 27 heavy (non-hydrogen) atoms. The fourth-order valence-corrected chi connectivity index (χ4v) is 2.53. The molecule has 3 rings (SSSR count). The molecule has 0 aliphatic heterocycles. The Balaban J connectivity index is 1.49. The van der Waals surface area contributed by atoms with Gasteiger partial charge in [-0.05, 0) is 33.6 Å². The third kappa shape index (κ3) is 5.01. The van der Waals surface area contributed by atoms with Gasteiger partial charge in [0.2, 0.25) is 5.91 Å². The van der Waals surface area contributed by atoms with Crippen molar-refractivity contribution in [2.45, 2.75) is 6.54 Å². The van der Waals surface area contributed by atoms with Gasteiger partial charge in [0.15, 0.2) is 11.5 Å². The number of hydrogen-bond donors (Lipinski definition) is 2. The molecule has 0 radical (unpaired) electrons. The second-order valence-electron chi connectivity index (χ2n) is 5.65. The average molecular weight is 432 g/mol. The monoisotopic (exact) mass is 431 g/mol.